The van der Waals surface area contributed by atoms with Crippen LogP contribution >= 0.6 is 11.3 Å². The van der Waals surface area contributed by atoms with Crippen molar-refractivity contribution in [1.29, 1.82) is 0 Å². The quantitative estimate of drug-likeness (QED) is 0.544. The number of carbonyl (C=O) groups is 1. The van der Waals surface area contributed by atoms with Gasteiger partial charge in [-0.25, -0.2) is 9.97 Å². The third-order valence-electron chi connectivity index (χ3n) is 5.20. The van der Waals surface area contributed by atoms with Crippen molar-refractivity contribution in [1.82, 2.24) is 9.97 Å². The number of nitrogens with one attached hydrogen (secondary N) is 1. The smallest absolute Gasteiger partial charge is 0.433 e. The number of rotatable bonds is 4. The van der Waals surface area contributed by atoms with Crippen molar-refractivity contribution in [3.63, 3.8) is 0 Å². The van der Waals surface area contributed by atoms with Crippen molar-refractivity contribution in [2.75, 3.05) is 12.4 Å². The van der Waals surface area contributed by atoms with Crippen molar-refractivity contribution in [2.45, 2.75) is 44.2 Å². The Morgan fingerprint density at radius 1 is 1.17 bits per heavy atom. The highest BCUT2D eigenvalue weighted by Gasteiger charge is 2.33. The number of methoxy groups -OCH3 is 1. The summed E-state index contributed by atoms with van der Waals surface area (Å²) in [5.41, 5.74) is -0.281. The molecule has 1 amide bonds. The molecule has 0 atom stereocenters. The van der Waals surface area contributed by atoms with Crippen LogP contribution in [0.4, 0.5) is 18.9 Å². The Morgan fingerprint density at radius 3 is 2.63 bits per heavy atom. The van der Waals surface area contributed by atoms with Gasteiger partial charge in [-0.05, 0) is 31.0 Å². The van der Waals surface area contributed by atoms with Crippen molar-refractivity contribution >= 4 is 33.1 Å². The highest BCUT2D eigenvalue weighted by atomic mass is 32.1. The second kappa shape index (κ2) is 8.22. The molecule has 0 spiro atoms. The molecule has 1 saturated carbocycles. The molecule has 0 unspecified atom stereocenters. The maximum absolute atomic E-state index is 12.9. The van der Waals surface area contributed by atoms with E-state index >= 15 is 0 Å². The lowest BCUT2D eigenvalue weighted by atomic mass is 9.90. The molecular weight excluding hydrogens is 415 g/mol. The topological polar surface area (TPSA) is 64.1 Å². The Bertz CT molecular complexity index is 1080. The van der Waals surface area contributed by atoms with E-state index in [2.05, 4.69) is 10.3 Å². The molecular formula is C21H20F3N3O2S. The number of fused-ring (bicyclic) bond motifs is 1. The SMILES string of the molecule is COc1cc2nc(C3CCCCC3)sc2cc1NC(=O)c1cccc(C(F)(F)F)n1. The second-order valence-electron chi connectivity index (χ2n) is 7.27. The average Bonchev–Trinajstić information content (AvgIpc) is 3.16. The van der Waals surface area contributed by atoms with E-state index < -0.39 is 17.8 Å². The Kier molecular flexibility index (Phi) is 5.64. The summed E-state index contributed by atoms with van der Waals surface area (Å²) in [7, 11) is 1.47. The molecule has 158 valence electrons. The Balaban J connectivity index is 1.62. The van der Waals surface area contributed by atoms with E-state index in [9.17, 15) is 18.0 Å². The minimum atomic E-state index is -4.62. The summed E-state index contributed by atoms with van der Waals surface area (Å²) < 4.78 is 44.9. The lowest BCUT2D eigenvalue weighted by Crippen LogP contribution is -2.17. The lowest BCUT2D eigenvalue weighted by Gasteiger charge is -2.18. The van der Waals surface area contributed by atoms with Gasteiger partial charge in [0.15, 0.2) is 0 Å². The van der Waals surface area contributed by atoms with E-state index in [1.165, 1.54) is 32.4 Å². The largest absolute Gasteiger partial charge is 0.494 e. The Morgan fingerprint density at radius 2 is 1.93 bits per heavy atom. The van der Waals surface area contributed by atoms with Gasteiger partial charge in [-0.3, -0.25) is 4.79 Å². The number of hydrogen-bond acceptors (Lipinski definition) is 5. The molecule has 2 heterocycles. The molecule has 1 aromatic carbocycles. The van der Waals surface area contributed by atoms with Gasteiger partial charge in [-0.2, -0.15) is 13.2 Å². The van der Waals surface area contributed by atoms with Crippen LogP contribution in [0.3, 0.4) is 0 Å². The number of nitrogens with zero attached hydrogens (tertiary/aromatic N) is 2. The van der Waals surface area contributed by atoms with Crippen LogP contribution in [0, 0.1) is 0 Å². The van der Waals surface area contributed by atoms with Gasteiger partial charge in [0.05, 0.1) is 28.0 Å². The van der Waals surface area contributed by atoms with Gasteiger partial charge in [0.1, 0.15) is 17.1 Å². The highest BCUT2D eigenvalue weighted by Crippen LogP contribution is 2.39. The first-order valence-corrected chi connectivity index (χ1v) is 10.5. The van der Waals surface area contributed by atoms with Crippen LogP contribution in [0.15, 0.2) is 30.3 Å². The monoisotopic (exact) mass is 435 g/mol. The van der Waals surface area contributed by atoms with E-state index in [1.54, 1.807) is 23.5 Å². The number of amides is 1. The summed E-state index contributed by atoms with van der Waals surface area (Å²) >= 11 is 1.58. The van der Waals surface area contributed by atoms with Crippen LogP contribution in [-0.4, -0.2) is 23.0 Å². The first-order valence-electron chi connectivity index (χ1n) is 9.69. The molecule has 1 aliphatic carbocycles. The molecule has 0 aliphatic heterocycles. The second-order valence-corrected chi connectivity index (χ2v) is 8.33. The summed E-state index contributed by atoms with van der Waals surface area (Å²) in [5, 5.41) is 3.70. The number of pyridine rings is 1. The maximum atomic E-state index is 12.9. The van der Waals surface area contributed by atoms with E-state index in [0.717, 1.165) is 40.2 Å². The summed E-state index contributed by atoms with van der Waals surface area (Å²) in [6.07, 6.45) is 1.30. The van der Waals surface area contributed by atoms with Crippen LogP contribution < -0.4 is 10.1 Å². The molecule has 30 heavy (non-hydrogen) atoms. The molecule has 1 fully saturated rings. The third-order valence-corrected chi connectivity index (χ3v) is 6.38. The first-order chi connectivity index (χ1) is 14.3. The minimum Gasteiger partial charge on any atom is -0.494 e. The third kappa shape index (κ3) is 4.26. The van der Waals surface area contributed by atoms with Crippen LogP contribution in [-0.2, 0) is 6.18 Å². The van der Waals surface area contributed by atoms with Gasteiger partial charge in [0.2, 0.25) is 0 Å². The molecule has 0 radical (unpaired) electrons. The normalized spacial score (nSPS) is 15.3. The van der Waals surface area contributed by atoms with Crippen molar-refractivity contribution in [2.24, 2.45) is 0 Å². The molecule has 2 aromatic heterocycles. The van der Waals surface area contributed by atoms with Gasteiger partial charge in [-0.15, -0.1) is 11.3 Å². The fourth-order valence-corrected chi connectivity index (χ4v) is 4.83. The van der Waals surface area contributed by atoms with Gasteiger partial charge in [0.25, 0.3) is 5.91 Å². The zero-order valence-corrected chi connectivity index (χ0v) is 17.1. The van der Waals surface area contributed by atoms with E-state index in [0.29, 0.717) is 17.4 Å². The molecule has 9 heteroatoms. The summed E-state index contributed by atoms with van der Waals surface area (Å²) in [4.78, 5) is 20.7. The minimum absolute atomic E-state index is 0.320. The van der Waals surface area contributed by atoms with Crippen molar-refractivity contribution < 1.29 is 22.7 Å². The average molecular weight is 435 g/mol. The summed E-state index contributed by atoms with van der Waals surface area (Å²) in [6, 6.07) is 6.72. The predicted octanol–water partition coefficient (Wildman–Crippen LogP) is 6.02. The zero-order chi connectivity index (χ0) is 21.3. The first kappa shape index (κ1) is 20.6. The number of benzene rings is 1. The predicted molar refractivity (Wildman–Crippen MR) is 109 cm³/mol. The zero-order valence-electron chi connectivity index (χ0n) is 16.3. The van der Waals surface area contributed by atoms with Crippen LogP contribution in [0.2, 0.25) is 0 Å². The number of aromatic nitrogens is 2. The van der Waals surface area contributed by atoms with Crippen molar-refractivity contribution in [3.8, 4) is 5.75 Å². The molecule has 5 nitrogen and oxygen atoms in total. The molecule has 1 aliphatic rings. The molecule has 0 saturated heterocycles. The van der Waals surface area contributed by atoms with Gasteiger partial charge in [0, 0.05) is 12.0 Å². The number of ether oxygens (including phenoxy) is 1. The maximum Gasteiger partial charge on any atom is 0.433 e. The Labute approximate surface area is 175 Å². The number of halogens is 3. The van der Waals surface area contributed by atoms with Crippen LogP contribution in [0.5, 0.6) is 5.75 Å². The number of alkyl halides is 3. The van der Waals surface area contributed by atoms with E-state index in [4.69, 9.17) is 9.72 Å². The number of thiazole rings is 1. The Hall–Kier alpha value is -2.68. The number of carbonyl (C=O) groups excluding carboxylic acids is 1. The van der Waals surface area contributed by atoms with Crippen LogP contribution in [0.25, 0.3) is 10.2 Å². The van der Waals surface area contributed by atoms with Crippen LogP contribution in [0.1, 0.15) is 59.2 Å². The molecule has 3 aromatic rings. The fourth-order valence-electron chi connectivity index (χ4n) is 3.67. The lowest BCUT2D eigenvalue weighted by molar-refractivity contribution is -0.141. The summed E-state index contributed by atoms with van der Waals surface area (Å²) in [6.45, 7) is 0. The number of hydrogen-bond donors (Lipinski definition) is 1. The van der Waals surface area contributed by atoms with Crippen molar-refractivity contribution in [3.05, 3.63) is 46.7 Å². The van der Waals surface area contributed by atoms with E-state index in [-0.39, 0.29) is 5.69 Å². The fraction of sp³-hybridized carbons (Fsp3) is 0.381. The highest BCUT2D eigenvalue weighted by molar-refractivity contribution is 7.18. The summed E-state index contributed by atoms with van der Waals surface area (Å²) in [5.74, 6) is 0.105. The van der Waals surface area contributed by atoms with Gasteiger partial charge < -0.3 is 10.1 Å². The molecule has 1 N–H and O–H groups in total. The number of anilines is 1. The van der Waals surface area contributed by atoms with Gasteiger partial charge >= 0.3 is 6.18 Å². The molecule has 0 bridgehead atoms. The van der Waals surface area contributed by atoms with E-state index in [1.807, 2.05) is 0 Å². The molecule has 4 rings (SSSR count). The van der Waals surface area contributed by atoms with Gasteiger partial charge in [-0.1, -0.05) is 25.3 Å². The standard InChI is InChI=1S/C21H20F3N3O2S/c1-29-16-10-15-17(30-20(27-15)12-6-3-2-4-7-12)11-14(16)26-19(28)13-8-5-9-18(25-13)21(22,23)24/h5,8-12H,2-4,6-7H2,1H3,(H,26,28).